The summed E-state index contributed by atoms with van der Waals surface area (Å²) in [7, 11) is 0. The van der Waals surface area contributed by atoms with Crippen molar-refractivity contribution in [2.45, 2.75) is 37.5 Å². The van der Waals surface area contributed by atoms with Crippen LogP contribution in [0.1, 0.15) is 43.2 Å². The highest BCUT2D eigenvalue weighted by Gasteiger charge is 2.61. The number of rotatable bonds is 6. The Morgan fingerprint density at radius 3 is 1.50 bits per heavy atom. The molecule has 314 valence electrons. The van der Waals surface area contributed by atoms with E-state index in [4.69, 9.17) is 9.97 Å². The monoisotopic (exact) mass is 844 g/mol. The molecular weight excluding hydrogens is 797 g/mol. The van der Waals surface area contributed by atoms with Gasteiger partial charge in [0.1, 0.15) is 0 Å². The fourth-order valence-corrected chi connectivity index (χ4v) is 13.7. The molecular formula is C64H48N2. The fraction of sp³-hybridized carbons (Fsp3) is 0.156. The molecule has 10 aromatic rings. The summed E-state index contributed by atoms with van der Waals surface area (Å²) in [6.07, 6.45) is 7.00. The van der Waals surface area contributed by atoms with E-state index in [9.17, 15) is 0 Å². The molecule has 15 rings (SSSR count). The molecule has 2 heteroatoms. The molecule has 0 N–H and O–H groups in total. The van der Waals surface area contributed by atoms with Crippen molar-refractivity contribution in [3.05, 3.63) is 217 Å². The van der Waals surface area contributed by atoms with Gasteiger partial charge in [-0.3, -0.25) is 0 Å². The summed E-state index contributed by atoms with van der Waals surface area (Å²) < 4.78 is 0. The summed E-state index contributed by atoms with van der Waals surface area (Å²) in [5.41, 5.74) is 18.7. The van der Waals surface area contributed by atoms with Crippen molar-refractivity contribution in [3.8, 4) is 78.4 Å². The Kier molecular flexibility index (Phi) is 8.50. The molecule has 0 unspecified atom stereocenters. The van der Waals surface area contributed by atoms with Crippen LogP contribution in [0.3, 0.4) is 0 Å². The molecule has 1 aromatic heterocycles. The number of nitrogens with zero attached hydrogens (tertiary/aromatic N) is 2. The van der Waals surface area contributed by atoms with Gasteiger partial charge in [-0.1, -0.05) is 188 Å². The maximum absolute atomic E-state index is 5.17. The normalized spacial score (nSPS) is 21.1. The Hall–Kier alpha value is -7.42. The second kappa shape index (κ2) is 14.8. The van der Waals surface area contributed by atoms with Crippen LogP contribution in [-0.4, -0.2) is 9.97 Å². The van der Waals surface area contributed by atoms with Gasteiger partial charge in [0.05, 0.1) is 11.4 Å². The van der Waals surface area contributed by atoms with Gasteiger partial charge < -0.3 is 0 Å². The molecule has 4 fully saturated rings. The molecule has 0 saturated heterocycles. The van der Waals surface area contributed by atoms with Crippen molar-refractivity contribution in [1.82, 2.24) is 9.97 Å². The van der Waals surface area contributed by atoms with Crippen molar-refractivity contribution >= 4 is 21.5 Å². The van der Waals surface area contributed by atoms with Crippen LogP contribution in [0.4, 0.5) is 0 Å². The Bertz CT molecular complexity index is 3490. The quantitative estimate of drug-likeness (QED) is 0.167. The van der Waals surface area contributed by atoms with E-state index in [1.807, 2.05) is 6.07 Å². The molecule has 4 bridgehead atoms. The number of benzene rings is 9. The Balaban J connectivity index is 0.865. The molecule has 9 aromatic carbocycles. The van der Waals surface area contributed by atoms with Gasteiger partial charge in [0.15, 0.2) is 5.82 Å². The van der Waals surface area contributed by atoms with E-state index in [2.05, 4.69) is 200 Å². The van der Waals surface area contributed by atoms with Gasteiger partial charge in [0, 0.05) is 22.1 Å². The predicted molar refractivity (Wildman–Crippen MR) is 273 cm³/mol. The topological polar surface area (TPSA) is 25.8 Å². The average molecular weight is 845 g/mol. The summed E-state index contributed by atoms with van der Waals surface area (Å²) in [5, 5.41) is 5.29. The lowest BCUT2D eigenvalue weighted by atomic mass is 9.43. The zero-order valence-corrected chi connectivity index (χ0v) is 36.9. The second-order valence-electron chi connectivity index (χ2n) is 19.7. The zero-order valence-electron chi connectivity index (χ0n) is 36.9. The van der Waals surface area contributed by atoms with Crippen LogP contribution in [0.15, 0.2) is 206 Å². The van der Waals surface area contributed by atoms with E-state index in [1.165, 1.54) is 98.2 Å². The first-order valence-corrected chi connectivity index (χ1v) is 24.1. The minimum Gasteiger partial charge on any atom is -0.228 e. The lowest BCUT2D eigenvalue weighted by Crippen LogP contribution is -2.55. The van der Waals surface area contributed by atoms with E-state index in [-0.39, 0.29) is 5.41 Å². The first-order chi connectivity index (χ1) is 32.7. The van der Waals surface area contributed by atoms with Gasteiger partial charge in [-0.15, -0.1) is 0 Å². The van der Waals surface area contributed by atoms with Crippen molar-refractivity contribution in [3.63, 3.8) is 0 Å². The Labute approximate surface area is 386 Å². The molecule has 0 aliphatic heterocycles. The molecule has 0 amide bonds. The van der Waals surface area contributed by atoms with Crippen molar-refractivity contribution < 1.29 is 0 Å². The van der Waals surface area contributed by atoms with Crippen LogP contribution in [0.2, 0.25) is 0 Å². The third kappa shape index (κ3) is 5.80. The number of aromatic nitrogens is 2. The summed E-state index contributed by atoms with van der Waals surface area (Å²) in [6, 6.07) is 76.1. The maximum atomic E-state index is 5.17. The van der Waals surface area contributed by atoms with Crippen LogP contribution < -0.4 is 0 Å². The first-order valence-electron chi connectivity index (χ1n) is 24.1. The maximum Gasteiger partial charge on any atom is 0.160 e. The highest BCUT2D eigenvalue weighted by Crippen LogP contribution is 2.70. The van der Waals surface area contributed by atoms with E-state index >= 15 is 0 Å². The largest absolute Gasteiger partial charge is 0.228 e. The lowest BCUT2D eigenvalue weighted by molar-refractivity contribution is -0.0398. The lowest BCUT2D eigenvalue weighted by Gasteiger charge is -2.61. The minimum atomic E-state index is 0.106. The van der Waals surface area contributed by atoms with Crippen molar-refractivity contribution in [2.75, 3.05) is 0 Å². The van der Waals surface area contributed by atoms with Crippen molar-refractivity contribution in [2.24, 2.45) is 23.7 Å². The van der Waals surface area contributed by atoms with E-state index < -0.39 is 0 Å². The number of hydrogen-bond donors (Lipinski definition) is 0. The van der Waals surface area contributed by atoms with Gasteiger partial charge in [-0.05, 0) is 151 Å². The van der Waals surface area contributed by atoms with Gasteiger partial charge in [0.2, 0.25) is 0 Å². The summed E-state index contributed by atoms with van der Waals surface area (Å²) in [5.74, 6) is 3.98. The standard InChI is InChI=1S/C64H48N2/c1-3-12-42(13-4-1)43-22-26-45(27-23-43)60-39-61(66-63(65-60)47-14-5-2-6-15-47)46-28-24-44(25-29-46)52-30-31-55(54-19-10-9-18-53(52)54)56-20-11-21-58-62(56)57-37-48-16-7-8-17-49(48)38-59(57)64(58)50-33-40-32-41(35-50)36-51(64)34-40/h1-31,37-41,50-51H,32-36H2. The third-order valence-electron chi connectivity index (χ3n) is 16.3. The molecule has 4 saturated carbocycles. The van der Waals surface area contributed by atoms with Crippen LogP contribution in [-0.2, 0) is 5.41 Å². The van der Waals surface area contributed by atoms with Gasteiger partial charge in [-0.2, -0.15) is 0 Å². The Morgan fingerprint density at radius 2 is 0.848 bits per heavy atom. The number of hydrogen-bond acceptors (Lipinski definition) is 2. The molecule has 66 heavy (non-hydrogen) atoms. The van der Waals surface area contributed by atoms with E-state index in [0.29, 0.717) is 0 Å². The average Bonchev–Trinajstić information content (AvgIpc) is 3.67. The molecule has 5 aliphatic carbocycles. The van der Waals surface area contributed by atoms with Crippen LogP contribution in [0.25, 0.3) is 100.0 Å². The molecule has 2 nitrogen and oxygen atoms in total. The number of fused-ring (bicyclic) bond motifs is 5. The van der Waals surface area contributed by atoms with Gasteiger partial charge >= 0.3 is 0 Å². The minimum absolute atomic E-state index is 0.106. The predicted octanol–water partition coefficient (Wildman–Crippen LogP) is 16.5. The zero-order chi connectivity index (χ0) is 43.3. The van der Waals surface area contributed by atoms with Crippen molar-refractivity contribution in [1.29, 1.82) is 0 Å². The van der Waals surface area contributed by atoms with Crippen LogP contribution in [0, 0.1) is 23.7 Å². The Morgan fingerprint density at radius 1 is 0.333 bits per heavy atom. The molecule has 5 aliphatic rings. The summed E-state index contributed by atoms with van der Waals surface area (Å²) in [6.45, 7) is 0. The van der Waals surface area contributed by atoms with Crippen LogP contribution in [0.5, 0.6) is 0 Å². The van der Waals surface area contributed by atoms with E-state index in [0.717, 1.165) is 57.6 Å². The first kappa shape index (κ1) is 37.9. The van der Waals surface area contributed by atoms with Gasteiger partial charge in [-0.25, -0.2) is 9.97 Å². The second-order valence-corrected chi connectivity index (χ2v) is 19.7. The summed E-state index contributed by atoms with van der Waals surface area (Å²) >= 11 is 0. The summed E-state index contributed by atoms with van der Waals surface area (Å²) in [4.78, 5) is 10.3. The highest BCUT2D eigenvalue weighted by atomic mass is 14.9. The van der Waals surface area contributed by atoms with Gasteiger partial charge in [0.25, 0.3) is 0 Å². The van der Waals surface area contributed by atoms with Crippen LogP contribution >= 0.6 is 0 Å². The molecule has 1 spiro atoms. The smallest absolute Gasteiger partial charge is 0.160 e. The molecule has 1 heterocycles. The molecule has 0 atom stereocenters. The molecule has 0 radical (unpaired) electrons. The third-order valence-corrected chi connectivity index (χ3v) is 16.3. The SMILES string of the molecule is c1ccc(-c2ccc(-c3cc(-c4ccc(-c5ccc(-c6cccc7c6-c6cc8ccccc8cc6C76C7CC8CC(C7)CC6C8)c6ccccc56)cc4)nc(-c4ccccc4)n3)cc2)cc1. The van der Waals surface area contributed by atoms with E-state index in [1.54, 1.807) is 11.1 Å². The fourth-order valence-electron chi connectivity index (χ4n) is 13.7. The highest BCUT2D eigenvalue weighted by molar-refractivity contribution is 6.09.